The van der Waals surface area contributed by atoms with Gasteiger partial charge in [-0.05, 0) is 0 Å². The first-order valence-electron chi connectivity index (χ1n) is 3.07. The maximum absolute atomic E-state index is 10.5. The number of pyridine rings is 1. The summed E-state index contributed by atoms with van der Waals surface area (Å²) in [4.78, 5) is 15.3. The summed E-state index contributed by atoms with van der Waals surface area (Å²) in [6.07, 6.45) is 1.66. The predicted octanol–water partition coefficient (Wildman–Crippen LogP) is 0.164. The molecule has 0 aliphatic rings. The summed E-state index contributed by atoms with van der Waals surface area (Å²) in [5, 5.41) is 0. The van der Waals surface area contributed by atoms with Crippen LogP contribution in [-0.2, 0) is 4.79 Å². The summed E-state index contributed by atoms with van der Waals surface area (Å²) < 4.78 is 2.14. The van der Waals surface area contributed by atoms with Gasteiger partial charge in [0.05, 0.1) is 0 Å². The second-order valence-corrected chi connectivity index (χ2v) is 2.83. The molecule has 3 nitrogen and oxygen atoms in total. The molecule has 0 N–H and O–H groups in total. The molecule has 0 aromatic carbocycles. The van der Waals surface area contributed by atoms with Crippen LogP contribution in [-0.4, -0.2) is 26.3 Å². The number of carbonyl (C=O) groups excluding carboxylic acids is 1. The number of aromatic nitrogens is 1. The molecule has 0 saturated carbocycles. The van der Waals surface area contributed by atoms with Gasteiger partial charge in [0.25, 0.3) is 0 Å². The second kappa shape index (κ2) is 3.51. The molecule has 0 bridgehead atoms. The van der Waals surface area contributed by atoms with Crippen LogP contribution >= 0.6 is 0 Å². The van der Waals surface area contributed by atoms with E-state index < -0.39 is 0 Å². The van der Waals surface area contributed by atoms with Crippen LogP contribution in [0.2, 0.25) is 0 Å². The third-order valence-electron chi connectivity index (χ3n) is 1.02. The Balaban J connectivity index is 2.95. The van der Waals surface area contributed by atoms with E-state index in [1.165, 1.54) is 11.7 Å². The van der Waals surface area contributed by atoms with Crippen LogP contribution in [0.4, 0.5) is 0 Å². The molecule has 0 aliphatic carbocycles. The molecule has 0 amide bonds. The Kier molecular flexibility index (Phi) is 2.63. The first-order chi connectivity index (χ1) is 5.20. The zero-order valence-electron chi connectivity index (χ0n) is 5.98. The minimum atomic E-state index is -0.335. The van der Waals surface area contributed by atoms with Crippen molar-refractivity contribution < 1.29 is 9.63 Å². The summed E-state index contributed by atoms with van der Waals surface area (Å²) in [5.41, 5.74) is 0. The van der Waals surface area contributed by atoms with E-state index in [4.69, 9.17) is 4.84 Å². The normalized spacial score (nSPS) is 9.18. The fourth-order valence-electron chi connectivity index (χ4n) is 0.627. The van der Waals surface area contributed by atoms with Crippen LogP contribution < -0.4 is 4.84 Å². The number of carbonyl (C=O) groups is 1. The third-order valence-corrected chi connectivity index (χ3v) is 1.68. The average molecular weight is 216 g/mol. The Morgan fingerprint density at radius 3 is 2.91 bits per heavy atom. The van der Waals surface area contributed by atoms with Crippen molar-refractivity contribution in [2.24, 2.45) is 0 Å². The van der Waals surface area contributed by atoms with Gasteiger partial charge in [-0.25, -0.2) is 0 Å². The Labute approximate surface area is 71.9 Å². The zero-order chi connectivity index (χ0) is 8.27. The van der Waals surface area contributed by atoms with Gasteiger partial charge in [-0.2, -0.15) is 0 Å². The molecule has 1 rings (SSSR count). The quantitative estimate of drug-likeness (QED) is 0.626. The van der Waals surface area contributed by atoms with Crippen molar-refractivity contribution in [3.05, 3.63) is 28.6 Å². The van der Waals surface area contributed by atoms with Crippen LogP contribution in [0.25, 0.3) is 0 Å². The molecule has 0 saturated heterocycles. The minimum absolute atomic E-state index is 0.335. The van der Waals surface area contributed by atoms with Gasteiger partial charge in [-0.3, -0.25) is 0 Å². The van der Waals surface area contributed by atoms with Crippen LogP contribution in [0.3, 0.4) is 0 Å². The van der Waals surface area contributed by atoms with E-state index in [9.17, 15) is 4.79 Å². The van der Waals surface area contributed by atoms with Gasteiger partial charge in [-0.15, -0.1) is 0 Å². The van der Waals surface area contributed by atoms with Crippen LogP contribution in [0.5, 0.6) is 0 Å². The summed E-state index contributed by atoms with van der Waals surface area (Å²) in [6.45, 7) is 1.36. The molecular formula is C7H7NO2Se. The molecule has 0 atom stereocenters. The maximum atomic E-state index is 10.5. The molecule has 1 aromatic heterocycles. The average Bonchev–Trinajstić information content (AvgIpc) is 1.93. The van der Waals surface area contributed by atoms with E-state index in [1.54, 1.807) is 12.3 Å². The van der Waals surface area contributed by atoms with E-state index in [1.807, 2.05) is 12.1 Å². The van der Waals surface area contributed by atoms with E-state index in [0.29, 0.717) is 0 Å². The van der Waals surface area contributed by atoms with Gasteiger partial charge < -0.3 is 0 Å². The molecule has 4 heteroatoms. The topological polar surface area (TPSA) is 31.2 Å². The van der Waals surface area contributed by atoms with Crippen molar-refractivity contribution in [3.63, 3.8) is 0 Å². The van der Waals surface area contributed by atoms with Gasteiger partial charge in [0, 0.05) is 0 Å². The molecule has 0 aliphatic heterocycles. The van der Waals surface area contributed by atoms with Crippen molar-refractivity contribution in [3.8, 4) is 0 Å². The standard InChI is InChI=1S/C7H7NO2Se/c1-6(9)10-8-5-3-2-4-7(8)11/h2-5H,1H3. The first kappa shape index (κ1) is 8.24. The fourth-order valence-corrected chi connectivity index (χ4v) is 0.997. The molecule has 1 heterocycles. The zero-order valence-corrected chi connectivity index (χ0v) is 7.69. The Bertz CT molecular complexity index is 318. The summed E-state index contributed by atoms with van der Waals surface area (Å²) in [6, 6.07) is 5.44. The predicted molar refractivity (Wildman–Crippen MR) is 40.7 cm³/mol. The molecule has 58 valence electrons. The summed E-state index contributed by atoms with van der Waals surface area (Å²) >= 11 is 2.76. The number of hydrogen-bond acceptors (Lipinski definition) is 2. The third kappa shape index (κ3) is 2.33. The van der Waals surface area contributed by atoms with Gasteiger partial charge in [0.15, 0.2) is 0 Å². The van der Waals surface area contributed by atoms with Gasteiger partial charge >= 0.3 is 71.4 Å². The molecule has 1 aromatic rings. The molecule has 11 heavy (non-hydrogen) atoms. The van der Waals surface area contributed by atoms with Crippen LogP contribution in [0, 0.1) is 4.19 Å². The Hall–Kier alpha value is -0.861. The van der Waals surface area contributed by atoms with Crippen molar-refractivity contribution in [2.75, 3.05) is 0 Å². The Morgan fingerprint density at radius 2 is 2.36 bits per heavy atom. The van der Waals surface area contributed by atoms with Crippen molar-refractivity contribution >= 4 is 21.5 Å². The SMILES string of the molecule is CC(=O)On1ccccc1=[Se]. The molecule has 0 fully saturated rings. The molecular weight excluding hydrogens is 209 g/mol. The van der Waals surface area contributed by atoms with E-state index >= 15 is 0 Å². The number of nitrogens with zero attached hydrogens (tertiary/aromatic N) is 1. The number of hydrogen-bond donors (Lipinski definition) is 0. The summed E-state index contributed by atoms with van der Waals surface area (Å²) in [5.74, 6) is -0.335. The second-order valence-electron chi connectivity index (χ2n) is 1.95. The van der Waals surface area contributed by atoms with Gasteiger partial charge in [-0.1, -0.05) is 0 Å². The van der Waals surface area contributed by atoms with Crippen LogP contribution in [0.15, 0.2) is 24.4 Å². The van der Waals surface area contributed by atoms with Crippen molar-refractivity contribution in [2.45, 2.75) is 6.92 Å². The van der Waals surface area contributed by atoms with E-state index in [-0.39, 0.29) is 5.97 Å². The van der Waals surface area contributed by atoms with Crippen molar-refractivity contribution in [1.29, 1.82) is 0 Å². The number of rotatable bonds is 1. The fraction of sp³-hybridized carbons (Fsp3) is 0.143. The van der Waals surface area contributed by atoms with Crippen molar-refractivity contribution in [1.82, 2.24) is 4.73 Å². The first-order valence-corrected chi connectivity index (χ1v) is 3.92. The molecule has 0 radical (unpaired) electrons. The molecule has 0 unspecified atom stereocenters. The van der Waals surface area contributed by atoms with Crippen LogP contribution in [0.1, 0.15) is 6.92 Å². The van der Waals surface area contributed by atoms with E-state index in [2.05, 4.69) is 15.6 Å². The molecule has 0 spiro atoms. The van der Waals surface area contributed by atoms with E-state index in [0.717, 1.165) is 4.19 Å². The Morgan fingerprint density at radius 1 is 1.64 bits per heavy atom. The van der Waals surface area contributed by atoms with Gasteiger partial charge in [0.1, 0.15) is 0 Å². The van der Waals surface area contributed by atoms with Gasteiger partial charge in [0.2, 0.25) is 0 Å². The monoisotopic (exact) mass is 217 g/mol. The summed E-state index contributed by atoms with van der Waals surface area (Å²) in [7, 11) is 0.